The van der Waals surface area contributed by atoms with E-state index in [0.717, 1.165) is 16.9 Å². The van der Waals surface area contributed by atoms with Crippen molar-refractivity contribution in [3.8, 4) is 11.5 Å². The molecule has 0 atom stereocenters. The molecule has 0 saturated carbocycles. The number of imidazole rings is 1. The van der Waals surface area contributed by atoms with Crippen molar-refractivity contribution in [2.75, 3.05) is 13.7 Å². The molecule has 0 aliphatic carbocycles. The lowest BCUT2D eigenvalue weighted by Crippen LogP contribution is -2.10. The molecular formula is C17H17N3O3. The minimum absolute atomic E-state index is 0.456. The molecule has 6 nitrogen and oxygen atoms in total. The third kappa shape index (κ3) is 3.26. The lowest BCUT2D eigenvalue weighted by atomic mass is 10.2. The van der Waals surface area contributed by atoms with Crippen molar-refractivity contribution in [2.45, 2.75) is 6.42 Å². The fraction of sp³-hybridized carbons (Fsp3) is 0.176. The summed E-state index contributed by atoms with van der Waals surface area (Å²) >= 11 is 0. The van der Waals surface area contributed by atoms with Gasteiger partial charge in [-0.05, 0) is 30.3 Å². The van der Waals surface area contributed by atoms with E-state index in [1.165, 1.54) is 0 Å². The third-order valence-electron chi connectivity index (χ3n) is 3.48. The van der Waals surface area contributed by atoms with Crippen molar-refractivity contribution in [1.29, 1.82) is 0 Å². The van der Waals surface area contributed by atoms with Gasteiger partial charge in [-0.15, -0.1) is 0 Å². The Morgan fingerprint density at radius 3 is 2.74 bits per heavy atom. The highest BCUT2D eigenvalue weighted by atomic mass is 16.5. The summed E-state index contributed by atoms with van der Waals surface area (Å²) in [5.74, 6) is 1.73. The van der Waals surface area contributed by atoms with Gasteiger partial charge in [0.25, 0.3) is 0 Å². The lowest BCUT2D eigenvalue weighted by Gasteiger charge is -2.09. The summed E-state index contributed by atoms with van der Waals surface area (Å²) in [5, 5.41) is 0. The molecule has 118 valence electrons. The van der Waals surface area contributed by atoms with E-state index in [1.54, 1.807) is 25.3 Å². The van der Waals surface area contributed by atoms with Crippen molar-refractivity contribution in [2.24, 2.45) is 5.73 Å². The van der Waals surface area contributed by atoms with Gasteiger partial charge in [-0.3, -0.25) is 4.79 Å². The molecule has 0 aliphatic rings. The topological polar surface area (TPSA) is 90.2 Å². The number of aromatic nitrogens is 2. The summed E-state index contributed by atoms with van der Waals surface area (Å²) in [5.41, 5.74) is 7.31. The fourth-order valence-corrected chi connectivity index (χ4v) is 2.33. The fourth-order valence-electron chi connectivity index (χ4n) is 2.33. The molecule has 0 aliphatic heterocycles. The van der Waals surface area contributed by atoms with Crippen molar-refractivity contribution >= 4 is 16.9 Å². The summed E-state index contributed by atoms with van der Waals surface area (Å²) in [7, 11) is 1.61. The summed E-state index contributed by atoms with van der Waals surface area (Å²) in [6.07, 6.45) is 0.610. The Kier molecular flexibility index (Phi) is 4.14. The second kappa shape index (κ2) is 6.39. The number of ether oxygens (including phenoxy) is 2. The van der Waals surface area contributed by atoms with E-state index in [2.05, 4.69) is 9.97 Å². The number of nitrogens with two attached hydrogens (primary N) is 1. The Bertz CT molecular complexity index is 842. The van der Waals surface area contributed by atoms with E-state index in [-0.39, 0.29) is 0 Å². The molecule has 3 N–H and O–H groups in total. The lowest BCUT2D eigenvalue weighted by molar-refractivity contribution is 0.100. The van der Waals surface area contributed by atoms with Crippen LogP contribution in [-0.4, -0.2) is 29.6 Å². The second-order valence-electron chi connectivity index (χ2n) is 5.03. The molecule has 1 heterocycles. The third-order valence-corrected chi connectivity index (χ3v) is 3.48. The van der Waals surface area contributed by atoms with Gasteiger partial charge in [0.1, 0.15) is 5.82 Å². The Balaban J connectivity index is 1.68. The van der Waals surface area contributed by atoms with Gasteiger partial charge < -0.3 is 20.2 Å². The number of aromatic amines is 1. The van der Waals surface area contributed by atoms with Crippen LogP contribution in [0, 0.1) is 0 Å². The van der Waals surface area contributed by atoms with Crippen molar-refractivity contribution in [3.63, 3.8) is 0 Å². The maximum atomic E-state index is 11.2. The number of fused-ring (bicyclic) bond motifs is 1. The van der Waals surface area contributed by atoms with Crippen LogP contribution in [0.3, 0.4) is 0 Å². The average Bonchev–Trinajstić information content (AvgIpc) is 2.97. The predicted molar refractivity (Wildman–Crippen MR) is 86.8 cm³/mol. The first-order valence-corrected chi connectivity index (χ1v) is 7.21. The number of nitrogens with one attached hydrogen (secondary N) is 1. The highest BCUT2D eigenvalue weighted by molar-refractivity contribution is 5.96. The van der Waals surface area contributed by atoms with Gasteiger partial charge in [-0.1, -0.05) is 12.1 Å². The van der Waals surface area contributed by atoms with Crippen LogP contribution in [0.25, 0.3) is 11.0 Å². The number of H-pyrrole nitrogens is 1. The van der Waals surface area contributed by atoms with E-state index in [4.69, 9.17) is 15.2 Å². The van der Waals surface area contributed by atoms with Crippen molar-refractivity contribution < 1.29 is 14.3 Å². The molecule has 3 rings (SSSR count). The number of primary amides is 1. The van der Waals surface area contributed by atoms with Gasteiger partial charge >= 0.3 is 0 Å². The van der Waals surface area contributed by atoms with Crippen LogP contribution in [0.5, 0.6) is 11.5 Å². The number of benzene rings is 2. The summed E-state index contributed by atoms with van der Waals surface area (Å²) in [6, 6.07) is 12.6. The van der Waals surface area contributed by atoms with Gasteiger partial charge in [0.2, 0.25) is 5.91 Å². The number of hydrogen-bond acceptors (Lipinski definition) is 4. The number of para-hydroxylation sites is 2. The molecule has 0 spiro atoms. The molecular weight excluding hydrogens is 294 g/mol. The number of carbonyl (C=O) groups excluding carboxylic acids is 1. The summed E-state index contributed by atoms with van der Waals surface area (Å²) in [4.78, 5) is 18.8. The number of hydrogen-bond donors (Lipinski definition) is 2. The summed E-state index contributed by atoms with van der Waals surface area (Å²) in [6.45, 7) is 0.461. The van der Waals surface area contributed by atoms with Crippen LogP contribution < -0.4 is 15.2 Å². The normalized spacial score (nSPS) is 10.7. The van der Waals surface area contributed by atoms with Gasteiger partial charge in [0.05, 0.1) is 24.8 Å². The van der Waals surface area contributed by atoms with E-state index < -0.39 is 5.91 Å². The Labute approximate surface area is 133 Å². The molecule has 6 heteroatoms. The zero-order valence-corrected chi connectivity index (χ0v) is 12.7. The first kappa shape index (κ1) is 14.9. The molecule has 2 aromatic carbocycles. The molecule has 3 aromatic rings. The van der Waals surface area contributed by atoms with Crippen LogP contribution in [0.4, 0.5) is 0 Å². The number of carbonyl (C=O) groups is 1. The standard InChI is InChI=1S/C17H17N3O3/c1-22-14-4-2-3-5-15(14)23-9-8-16-19-12-7-6-11(17(18)21)10-13(12)20-16/h2-7,10H,8-9H2,1H3,(H2,18,21)(H,19,20). The number of nitrogens with zero attached hydrogens (tertiary/aromatic N) is 1. The Morgan fingerprint density at radius 2 is 2.00 bits per heavy atom. The number of amides is 1. The number of methoxy groups -OCH3 is 1. The molecule has 23 heavy (non-hydrogen) atoms. The molecule has 0 radical (unpaired) electrons. The maximum absolute atomic E-state index is 11.2. The van der Waals surface area contributed by atoms with Crippen molar-refractivity contribution in [3.05, 3.63) is 53.9 Å². The number of rotatable bonds is 6. The van der Waals surface area contributed by atoms with Gasteiger partial charge in [-0.25, -0.2) is 4.98 Å². The maximum Gasteiger partial charge on any atom is 0.248 e. The second-order valence-corrected chi connectivity index (χ2v) is 5.03. The monoisotopic (exact) mass is 311 g/mol. The van der Waals surface area contributed by atoms with Crippen molar-refractivity contribution in [1.82, 2.24) is 9.97 Å². The van der Waals surface area contributed by atoms with E-state index >= 15 is 0 Å². The predicted octanol–water partition coefficient (Wildman–Crippen LogP) is 2.29. The zero-order chi connectivity index (χ0) is 16.2. The average molecular weight is 311 g/mol. The SMILES string of the molecule is COc1ccccc1OCCc1nc2ccc(C(N)=O)cc2[nH]1. The first-order chi connectivity index (χ1) is 11.2. The van der Waals surface area contributed by atoms with Crippen LogP contribution >= 0.6 is 0 Å². The van der Waals surface area contributed by atoms with Crippen LogP contribution in [-0.2, 0) is 6.42 Å². The quantitative estimate of drug-likeness (QED) is 0.731. The highest BCUT2D eigenvalue weighted by Crippen LogP contribution is 2.25. The van der Waals surface area contributed by atoms with Crippen LogP contribution in [0.2, 0.25) is 0 Å². The Hall–Kier alpha value is -3.02. The van der Waals surface area contributed by atoms with E-state index in [0.29, 0.717) is 30.1 Å². The van der Waals surface area contributed by atoms with Gasteiger partial charge in [-0.2, -0.15) is 0 Å². The smallest absolute Gasteiger partial charge is 0.248 e. The highest BCUT2D eigenvalue weighted by Gasteiger charge is 2.07. The first-order valence-electron chi connectivity index (χ1n) is 7.21. The van der Waals surface area contributed by atoms with E-state index in [9.17, 15) is 4.79 Å². The minimum atomic E-state index is -0.456. The zero-order valence-electron chi connectivity index (χ0n) is 12.7. The van der Waals surface area contributed by atoms with Crippen LogP contribution in [0.1, 0.15) is 16.2 Å². The van der Waals surface area contributed by atoms with Gasteiger partial charge in [0.15, 0.2) is 11.5 Å². The molecule has 0 saturated heterocycles. The molecule has 1 amide bonds. The van der Waals surface area contributed by atoms with Gasteiger partial charge in [0, 0.05) is 12.0 Å². The Morgan fingerprint density at radius 1 is 1.22 bits per heavy atom. The molecule has 0 fully saturated rings. The molecule has 0 bridgehead atoms. The molecule has 0 unspecified atom stereocenters. The van der Waals surface area contributed by atoms with Crippen LogP contribution in [0.15, 0.2) is 42.5 Å². The van der Waals surface area contributed by atoms with E-state index in [1.807, 2.05) is 24.3 Å². The minimum Gasteiger partial charge on any atom is -0.493 e. The largest absolute Gasteiger partial charge is 0.493 e. The molecule has 1 aromatic heterocycles. The summed E-state index contributed by atoms with van der Waals surface area (Å²) < 4.78 is 11.0.